The van der Waals surface area contributed by atoms with Crippen molar-refractivity contribution in [3.63, 3.8) is 0 Å². The third-order valence-electron chi connectivity index (χ3n) is 1.79. The van der Waals surface area contributed by atoms with Crippen molar-refractivity contribution in [3.8, 4) is 0 Å². The van der Waals surface area contributed by atoms with E-state index in [9.17, 15) is 22.0 Å². The number of nitrogens with zero attached hydrogens (tertiary/aromatic N) is 2. The number of alkyl halides is 5. The first-order valence-electron chi connectivity index (χ1n) is 4.58. The fourth-order valence-electron chi connectivity index (χ4n) is 0.977. The van der Waals surface area contributed by atoms with Crippen molar-refractivity contribution in [1.82, 2.24) is 9.97 Å². The van der Waals surface area contributed by atoms with Gasteiger partial charge in [-0.1, -0.05) is 0 Å². The van der Waals surface area contributed by atoms with E-state index in [1.54, 1.807) is 0 Å². The summed E-state index contributed by atoms with van der Waals surface area (Å²) in [5.74, 6) is -4.67. The molecule has 0 unspecified atom stereocenters. The maximum Gasteiger partial charge on any atom is 0.433 e. The standard InChI is InChI=1S/C8H9F5N4O/c9-7(10,3-18)2-15-5-1-4(8(11,12)13)16-6(14)17-5/h1,18H,2-3H2,(H3,14,15,16,17). The van der Waals surface area contributed by atoms with Gasteiger partial charge in [-0.2, -0.15) is 18.2 Å². The molecule has 10 heteroatoms. The Morgan fingerprint density at radius 3 is 2.33 bits per heavy atom. The molecule has 0 saturated carbocycles. The lowest BCUT2D eigenvalue weighted by atomic mass is 10.3. The van der Waals surface area contributed by atoms with Crippen molar-refractivity contribution >= 4 is 11.8 Å². The van der Waals surface area contributed by atoms with E-state index in [1.165, 1.54) is 0 Å². The maximum absolute atomic E-state index is 12.7. The molecule has 1 aromatic rings. The molecule has 0 radical (unpaired) electrons. The van der Waals surface area contributed by atoms with Crippen LogP contribution in [0.15, 0.2) is 6.07 Å². The summed E-state index contributed by atoms with van der Waals surface area (Å²) in [5.41, 5.74) is 3.69. The molecule has 0 aromatic carbocycles. The summed E-state index contributed by atoms with van der Waals surface area (Å²) < 4.78 is 62.3. The number of aliphatic hydroxyl groups excluding tert-OH is 1. The number of nitrogen functional groups attached to an aromatic ring is 1. The molecule has 0 bridgehead atoms. The summed E-state index contributed by atoms with van der Waals surface area (Å²) in [6.07, 6.45) is -4.76. The minimum Gasteiger partial charge on any atom is -0.390 e. The lowest BCUT2D eigenvalue weighted by Crippen LogP contribution is -2.31. The zero-order chi connectivity index (χ0) is 14.0. The van der Waals surface area contributed by atoms with Gasteiger partial charge in [0.15, 0.2) is 5.69 Å². The molecule has 1 heterocycles. The lowest BCUT2D eigenvalue weighted by Gasteiger charge is -2.15. The van der Waals surface area contributed by atoms with Gasteiger partial charge in [0.2, 0.25) is 5.95 Å². The number of anilines is 2. The number of nitrogens with two attached hydrogens (primary N) is 1. The van der Waals surface area contributed by atoms with Crippen LogP contribution in [0.1, 0.15) is 5.69 Å². The van der Waals surface area contributed by atoms with Crippen LogP contribution in [0.2, 0.25) is 0 Å². The Balaban J connectivity index is 2.88. The highest BCUT2D eigenvalue weighted by molar-refractivity contribution is 5.41. The number of halogens is 5. The van der Waals surface area contributed by atoms with E-state index in [1.807, 2.05) is 5.32 Å². The molecule has 18 heavy (non-hydrogen) atoms. The Morgan fingerprint density at radius 1 is 1.22 bits per heavy atom. The van der Waals surface area contributed by atoms with Crippen LogP contribution in [0.4, 0.5) is 33.7 Å². The van der Waals surface area contributed by atoms with Gasteiger partial charge in [0, 0.05) is 6.07 Å². The number of hydrogen-bond acceptors (Lipinski definition) is 5. The molecule has 0 atom stereocenters. The van der Waals surface area contributed by atoms with Crippen LogP contribution in [0.25, 0.3) is 0 Å². The molecule has 0 amide bonds. The van der Waals surface area contributed by atoms with Crippen LogP contribution in [0.5, 0.6) is 0 Å². The Labute approximate surface area is 97.8 Å². The lowest BCUT2D eigenvalue weighted by molar-refractivity contribution is -0.141. The predicted octanol–water partition coefficient (Wildman–Crippen LogP) is 1.12. The first kappa shape index (κ1) is 14.4. The second-order valence-electron chi connectivity index (χ2n) is 3.36. The Kier molecular flexibility index (Phi) is 3.89. The van der Waals surface area contributed by atoms with Crippen LogP contribution in [-0.2, 0) is 6.18 Å². The van der Waals surface area contributed by atoms with Crippen molar-refractivity contribution in [2.75, 3.05) is 24.2 Å². The molecule has 4 N–H and O–H groups in total. The van der Waals surface area contributed by atoms with Crippen LogP contribution >= 0.6 is 0 Å². The minimum absolute atomic E-state index is 0.448. The maximum atomic E-state index is 12.7. The molecular formula is C8H9F5N4O. The summed E-state index contributed by atoms with van der Waals surface area (Å²) >= 11 is 0. The van der Waals surface area contributed by atoms with Crippen LogP contribution < -0.4 is 11.1 Å². The summed E-state index contributed by atoms with van der Waals surface area (Å²) in [4.78, 5) is 6.26. The third-order valence-corrected chi connectivity index (χ3v) is 1.79. The van der Waals surface area contributed by atoms with Crippen LogP contribution in [-0.4, -0.2) is 34.1 Å². The molecule has 5 nitrogen and oxygen atoms in total. The van der Waals surface area contributed by atoms with E-state index in [-0.39, 0.29) is 0 Å². The van der Waals surface area contributed by atoms with E-state index in [4.69, 9.17) is 10.8 Å². The second kappa shape index (κ2) is 4.88. The van der Waals surface area contributed by atoms with Gasteiger partial charge in [-0.05, 0) is 0 Å². The molecule has 0 aliphatic rings. The summed E-state index contributed by atoms with van der Waals surface area (Å²) in [7, 11) is 0. The third kappa shape index (κ3) is 3.95. The molecule has 0 fully saturated rings. The topological polar surface area (TPSA) is 84.1 Å². The molecule has 1 aromatic heterocycles. The molecule has 1 rings (SSSR count). The van der Waals surface area contributed by atoms with Crippen LogP contribution in [0.3, 0.4) is 0 Å². The van der Waals surface area contributed by atoms with Crippen molar-refractivity contribution < 1.29 is 27.1 Å². The fraction of sp³-hybridized carbons (Fsp3) is 0.500. The van der Waals surface area contributed by atoms with Gasteiger partial charge in [-0.15, -0.1) is 0 Å². The number of aliphatic hydroxyl groups is 1. The van der Waals surface area contributed by atoms with Crippen molar-refractivity contribution in [3.05, 3.63) is 11.8 Å². The van der Waals surface area contributed by atoms with Crippen molar-refractivity contribution in [2.45, 2.75) is 12.1 Å². The number of rotatable bonds is 4. The zero-order valence-corrected chi connectivity index (χ0v) is 8.80. The van der Waals surface area contributed by atoms with Crippen molar-refractivity contribution in [1.29, 1.82) is 0 Å². The van der Waals surface area contributed by atoms with Gasteiger partial charge in [-0.25, -0.2) is 13.8 Å². The van der Waals surface area contributed by atoms with Gasteiger partial charge in [0.1, 0.15) is 12.4 Å². The Hall–Kier alpha value is -1.71. The van der Waals surface area contributed by atoms with Gasteiger partial charge < -0.3 is 16.2 Å². The summed E-state index contributed by atoms with van der Waals surface area (Å²) in [5, 5.41) is 10.2. The SMILES string of the molecule is Nc1nc(NCC(F)(F)CO)cc(C(F)(F)F)n1. The van der Waals surface area contributed by atoms with E-state index in [2.05, 4.69) is 9.97 Å². The van der Waals surface area contributed by atoms with Crippen molar-refractivity contribution in [2.24, 2.45) is 0 Å². The minimum atomic E-state index is -4.76. The van der Waals surface area contributed by atoms with E-state index in [0.717, 1.165) is 0 Å². The highest BCUT2D eigenvalue weighted by atomic mass is 19.4. The second-order valence-corrected chi connectivity index (χ2v) is 3.36. The molecule has 0 spiro atoms. The van der Waals surface area contributed by atoms with E-state index < -0.39 is 42.7 Å². The highest BCUT2D eigenvalue weighted by Crippen LogP contribution is 2.29. The molecule has 0 aliphatic carbocycles. The molecule has 102 valence electrons. The first-order valence-corrected chi connectivity index (χ1v) is 4.58. The Bertz CT molecular complexity index is 422. The largest absolute Gasteiger partial charge is 0.433 e. The monoisotopic (exact) mass is 272 g/mol. The highest BCUT2D eigenvalue weighted by Gasteiger charge is 2.34. The predicted molar refractivity (Wildman–Crippen MR) is 52.0 cm³/mol. The first-order chi connectivity index (χ1) is 8.14. The van der Waals surface area contributed by atoms with E-state index in [0.29, 0.717) is 6.07 Å². The number of aromatic nitrogens is 2. The Morgan fingerprint density at radius 2 is 1.83 bits per heavy atom. The fourth-order valence-corrected chi connectivity index (χ4v) is 0.977. The zero-order valence-electron chi connectivity index (χ0n) is 8.80. The molecule has 0 saturated heterocycles. The van der Waals surface area contributed by atoms with Crippen LogP contribution in [0, 0.1) is 0 Å². The van der Waals surface area contributed by atoms with Gasteiger partial charge in [0.25, 0.3) is 5.92 Å². The molecular weight excluding hydrogens is 263 g/mol. The average Bonchev–Trinajstić information content (AvgIpc) is 2.25. The average molecular weight is 272 g/mol. The summed E-state index contributed by atoms with van der Waals surface area (Å²) in [6, 6.07) is 0.448. The van der Waals surface area contributed by atoms with E-state index >= 15 is 0 Å². The number of hydrogen-bond donors (Lipinski definition) is 3. The van der Waals surface area contributed by atoms with Gasteiger partial charge >= 0.3 is 6.18 Å². The van der Waals surface area contributed by atoms with Gasteiger partial charge in [0.05, 0.1) is 6.54 Å². The molecule has 0 aliphatic heterocycles. The number of nitrogens with one attached hydrogen (secondary N) is 1. The van der Waals surface area contributed by atoms with Gasteiger partial charge in [-0.3, -0.25) is 0 Å². The normalized spacial score (nSPS) is 12.6. The summed E-state index contributed by atoms with van der Waals surface area (Å²) in [6.45, 7) is -2.51. The quantitative estimate of drug-likeness (QED) is 0.715. The smallest absolute Gasteiger partial charge is 0.390 e.